The molecular weight excluding hydrogens is 434 g/mol. The predicted molar refractivity (Wildman–Crippen MR) is 138 cm³/mol. The quantitative estimate of drug-likeness (QED) is 0.312. The second-order valence-corrected chi connectivity index (χ2v) is 15.5. The van der Waals surface area contributed by atoms with E-state index in [2.05, 4.69) is 70.7 Å². The van der Waals surface area contributed by atoms with E-state index in [-0.39, 0.29) is 44.0 Å². The van der Waals surface area contributed by atoms with Crippen molar-refractivity contribution in [1.29, 1.82) is 0 Å². The van der Waals surface area contributed by atoms with E-state index < -0.39 is 8.24 Å². The zero-order valence-corrected chi connectivity index (χ0v) is 24.3. The summed E-state index contributed by atoms with van der Waals surface area (Å²) in [4.78, 5) is 5.56. The van der Waals surface area contributed by atoms with Gasteiger partial charge in [-0.1, -0.05) is 69.1 Å². The van der Waals surface area contributed by atoms with Crippen LogP contribution in [0.2, 0.25) is 18.6 Å². The number of rotatable bonds is 3. The smallest absolute Gasteiger partial charge is 0.686 e. The number of hydrogen-bond acceptors (Lipinski definition) is 1. The van der Waals surface area contributed by atoms with Crippen molar-refractivity contribution in [2.24, 2.45) is 23.7 Å². The third kappa shape index (κ3) is 5.10. The van der Waals surface area contributed by atoms with Crippen LogP contribution in [0.25, 0.3) is 4.98 Å². The molecule has 4 heteroatoms. The molecule has 2 aliphatic carbocycles. The van der Waals surface area contributed by atoms with Gasteiger partial charge in [0.15, 0.2) is 0 Å². The molecule has 0 aromatic heterocycles. The van der Waals surface area contributed by atoms with Crippen LogP contribution in [-0.4, -0.2) is 18.7 Å². The van der Waals surface area contributed by atoms with Crippen LogP contribution in [0.3, 0.4) is 0 Å². The van der Waals surface area contributed by atoms with Crippen molar-refractivity contribution >= 4 is 25.7 Å². The molecule has 0 spiro atoms. The molecule has 7 unspecified atom stereocenters. The van der Waals surface area contributed by atoms with Gasteiger partial charge >= 0.3 is 21.7 Å². The molecule has 0 radical (unpaired) electrons. The minimum absolute atomic E-state index is 0. The Morgan fingerprint density at radius 1 is 0.933 bits per heavy atom. The Hall–Kier alpha value is 0.301. The summed E-state index contributed by atoms with van der Waals surface area (Å²) >= 11 is 2.40. The number of nitrogens with zero attached hydrogens (tertiary/aromatic N) is 1. The van der Waals surface area contributed by atoms with Gasteiger partial charge in [0.05, 0.1) is 0 Å². The zero-order chi connectivity index (χ0) is 18.6. The van der Waals surface area contributed by atoms with E-state index in [0.717, 1.165) is 39.7 Å². The monoisotopic (exact) mass is 479 g/mol. The molecular formula is C26H45NSSiTi. The summed E-state index contributed by atoms with van der Waals surface area (Å²) in [5, 5.41) is 1.84. The number of fused-ring (bicyclic) bond motifs is 3. The summed E-state index contributed by atoms with van der Waals surface area (Å²) < 4.78 is 0. The van der Waals surface area contributed by atoms with Crippen LogP contribution in [-0.2, 0) is 21.7 Å². The van der Waals surface area contributed by atoms with E-state index in [1.165, 1.54) is 42.5 Å². The Balaban J connectivity index is 0.00000210. The van der Waals surface area contributed by atoms with Gasteiger partial charge in [-0.3, -0.25) is 0 Å². The Labute approximate surface area is 209 Å². The molecule has 1 nitrogen and oxygen atoms in total. The fraction of sp³-hybridized carbons (Fsp3) is 0.654. The fourth-order valence-electron chi connectivity index (χ4n) is 6.65. The SMILES string of the molecule is Cc1cccc(C)c1[N-][Si](C)(C)C1C(C)C(C)C2C3CCCCC3SC21.[CH3-].[CH3-].[CH3-].[Ti+4]. The van der Waals surface area contributed by atoms with Gasteiger partial charge in [0.25, 0.3) is 0 Å². The van der Waals surface area contributed by atoms with Gasteiger partial charge in [0, 0.05) is 10.5 Å². The third-order valence-corrected chi connectivity index (χ3v) is 13.4. The zero-order valence-electron chi connectivity index (χ0n) is 21.0. The van der Waals surface area contributed by atoms with E-state index in [9.17, 15) is 0 Å². The van der Waals surface area contributed by atoms with E-state index in [4.69, 9.17) is 4.98 Å². The summed E-state index contributed by atoms with van der Waals surface area (Å²) in [6.07, 6.45) is 5.92. The van der Waals surface area contributed by atoms with Crippen LogP contribution < -0.4 is 0 Å². The van der Waals surface area contributed by atoms with Crippen LogP contribution in [0.15, 0.2) is 18.2 Å². The average molecular weight is 480 g/mol. The first-order valence-corrected chi connectivity index (χ1v) is 14.7. The first-order valence-electron chi connectivity index (χ1n) is 10.8. The number of thioether (sulfide) groups is 1. The Bertz CT molecular complexity index is 659. The molecule has 0 N–H and O–H groups in total. The normalized spacial score (nSPS) is 34.3. The van der Waals surface area contributed by atoms with Crippen molar-refractivity contribution in [2.45, 2.75) is 82.5 Å². The molecule has 1 saturated heterocycles. The number of hydrogen-bond donors (Lipinski definition) is 0. The van der Waals surface area contributed by atoms with Crippen LogP contribution in [0, 0.1) is 59.8 Å². The molecule has 3 fully saturated rings. The second-order valence-electron chi connectivity index (χ2n) is 9.91. The van der Waals surface area contributed by atoms with Crippen molar-refractivity contribution in [3.63, 3.8) is 0 Å². The molecule has 1 aromatic rings. The number of aryl methyl sites for hydroxylation is 2. The molecule has 1 aromatic carbocycles. The molecule has 1 heterocycles. The maximum atomic E-state index is 5.56. The third-order valence-electron chi connectivity index (χ3n) is 7.97. The van der Waals surface area contributed by atoms with Crippen LogP contribution in [0.1, 0.15) is 50.7 Å². The number of benzene rings is 1. The van der Waals surface area contributed by atoms with Crippen molar-refractivity contribution in [3.8, 4) is 0 Å². The second kappa shape index (κ2) is 11.4. The maximum absolute atomic E-state index is 5.56. The van der Waals surface area contributed by atoms with Crippen LogP contribution in [0.4, 0.5) is 5.69 Å². The van der Waals surface area contributed by atoms with Gasteiger partial charge in [-0.15, -0.1) is 5.69 Å². The van der Waals surface area contributed by atoms with E-state index >= 15 is 0 Å². The first-order chi connectivity index (χ1) is 12.3. The minimum Gasteiger partial charge on any atom is -0.686 e. The maximum Gasteiger partial charge on any atom is 4.00 e. The molecule has 1 aliphatic heterocycles. The Kier molecular flexibility index (Phi) is 11.6. The first kappa shape index (κ1) is 30.3. The molecule has 30 heavy (non-hydrogen) atoms. The van der Waals surface area contributed by atoms with Crippen molar-refractivity contribution in [3.05, 3.63) is 56.6 Å². The van der Waals surface area contributed by atoms with E-state index in [1.807, 2.05) is 0 Å². The summed E-state index contributed by atoms with van der Waals surface area (Å²) in [7, 11) is -1.72. The van der Waals surface area contributed by atoms with Gasteiger partial charge in [-0.05, 0) is 64.1 Å². The summed E-state index contributed by atoms with van der Waals surface area (Å²) in [6.45, 7) is 14.7. The predicted octanol–water partition coefficient (Wildman–Crippen LogP) is 8.81. The minimum atomic E-state index is -1.72. The molecule has 0 amide bonds. The van der Waals surface area contributed by atoms with E-state index in [0.29, 0.717) is 0 Å². The topological polar surface area (TPSA) is 14.1 Å². The standard InChI is InChI=1S/C23H36NSSi.3CH3.Ti/c1-14-10-9-11-15(2)21(14)24-26(5,6)23-17(4)16(3)20-18-12-7-8-13-19(18)25-22(20)23;;;;/h9-11,16-20,22-23H,7-8,12-13H2,1-6H3;3*1H3;/q4*-1;+4. The average Bonchev–Trinajstić information content (AvgIpc) is 3.07. The largest absolute Gasteiger partial charge is 4.00 e. The van der Waals surface area contributed by atoms with Gasteiger partial charge in [0.2, 0.25) is 0 Å². The summed E-state index contributed by atoms with van der Waals surface area (Å²) in [6, 6.07) is 6.64. The molecule has 168 valence electrons. The van der Waals surface area contributed by atoms with Crippen LogP contribution in [0.5, 0.6) is 0 Å². The molecule has 0 bridgehead atoms. The van der Waals surface area contributed by atoms with Gasteiger partial charge < -0.3 is 27.3 Å². The molecule has 7 atom stereocenters. The van der Waals surface area contributed by atoms with Crippen LogP contribution >= 0.6 is 11.8 Å². The van der Waals surface area contributed by atoms with Crippen molar-refractivity contribution in [1.82, 2.24) is 0 Å². The van der Waals surface area contributed by atoms with Gasteiger partial charge in [-0.25, -0.2) is 0 Å². The summed E-state index contributed by atoms with van der Waals surface area (Å²) in [5.74, 6) is 3.68. The van der Waals surface area contributed by atoms with E-state index in [1.54, 1.807) is 0 Å². The summed E-state index contributed by atoms with van der Waals surface area (Å²) in [5.41, 5.74) is 4.84. The van der Waals surface area contributed by atoms with Crippen molar-refractivity contribution in [2.75, 3.05) is 0 Å². The molecule has 3 aliphatic rings. The molecule has 4 rings (SSSR count). The Morgan fingerprint density at radius 3 is 2.10 bits per heavy atom. The Morgan fingerprint density at radius 2 is 1.50 bits per heavy atom. The van der Waals surface area contributed by atoms with Gasteiger partial charge in [-0.2, -0.15) is 11.8 Å². The molecule has 2 saturated carbocycles. The van der Waals surface area contributed by atoms with Gasteiger partial charge in [0.1, 0.15) is 0 Å². The fourth-order valence-corrected chi connectivity index (χ4v) is 13.9. The van der Waals surface area contributed by atoms with Crippen molar-refractivity contribution < 1.29 is 21.7 Å².